The third-order valence-corrected chi connectivity index (χ3v) is 5.08. The number of nitrogens with zero attached hydrogens (tertiary/aromatic N) is 1. The summed E-state index contributed by atoms with van der Waals surface area (Å²) < 4.78 is 6.28. The van der Waals surface area contributed by atoms with Gasteiger partial charge in [0.25, 0.3) is 0 Å². The fourth-order valence-corrected chi connectivity index (χ4v) is 3.77. The van der Waals surface area contributed by atoms with Crippen LogP contribution in [-0.2, 0) is 11.2 Å². The third-order valence-electron chi connectivity index (χ3n) is 4.59. The Hall–Kier alpha value is -1.81. The van der Waals surface area contributed by atoms with Crippen LogP contribution in [0.2, 0.25) is 0 Å². The Balaban J connectivity index is 1.64. The van der Waals surface area contributed by atoms with E-state index in [1.165, 1.54) is 11.1 Å². The molecule has 0 bridgehead atoms. The molecule has 1 amide bonds. The summed E-state index contributed by atoms with van der Waals surface area (Å²) in [5.74, 6) is 1.09. The zero-order valence-electron chi connectivity index (χ0n) is 13.9. The highest BCUT2D eigenvalue weighted by atomic mass is 79.9. The normalized spacial score (nSPS) is 17.1. The van der Waals surface area contributed by atoms with Crippen LogP contribution in [0.5, 0.6) is 5.75 Å². The molecule has 2 aromatic carbocycles. The van der Waals surface area contributed by atoms with E-state index in [0.717, 1.165) is 36.0 Å². The van der Waals surface area contributed by atoms with Crippen LogP contribution in [0.3, 0.4) is 0 Å². The van der Waals surface area contributed by atoms with Gasteiger partial charge in [0.05, 0.1) is 13.2 Å². The molecule has 0 aromatic heterocycles. The van der Waals surface area contributed by atoms with Gasteiger partial charge in [0.15, 0.2) is 0 Å². The van der Waals surface area contributed by atoms with Gasteiger partial charge in [-0.3, -0.25) is 4.79 Å². The molecule has 1 heterocycles. The van der Waals surface area contributed by atoms with Crippen molar-refractivity contribution in [1.29, 1.82) is 0 Å². The number of likely N-dealkylation sites (tertiary alicyclic amines) is 1. The maximum atomic E-state index is 12.7. The molecule has 24 heavy (non-hydrogen) atoms. The van der Waals surface area contributed by atoms with Crippen molar-refractivity contribution < 1.29 is 9.53 Å². The number of hydrogen-bond donors (Lipinski definition) is 0. The van der Waals surface area contributed by atoms with Gasteiger partial charge in [-0.05, 0) is 54.7 Å². The zero-order chi connectivity index (χ0) is 16.9. The van der Waals surface area contributed by atoms with Crippen LogP contribution in [0.1, 0.15) is 36.4 Å². The van der Waals surface area contributed by atoms with E-state index in [0.29, 0.717) is 6.42 Å². The van der Waals surface area contributed by atoms with Crippen LogP contribution < -0.4 is 4.74 Å². The second-order valence-corrected chi connectivity index (χ2v) is 7.06. The molecule has 126 valence electrons. The number of ether oxygens (including phenoxy) is 1. The number of hydrogen-bond acceptors (Lipinski definition) is 2. The SMILES string of the molecule is COc1ccc(C2CCCN2C(=O)CCc2cccc(Br)c2)cc1. The number of methoxy groups -OCH3 is 1. The van der Waals surface area contributed by atoms with Crippen molar-refractivity contribution in [2.45, 2.75) is 31.7 Å². The van der Waals surface area contributed by atoms with Crippen molar-refractivity contribution in [3.05, 3.63) is 64.1 Å². The Labute approximate surface area is 151 Å². The second-order valence-electron chi connectivity index (χ2n) is 6.15. The lowest BCUT2D eigenvalue weighted by atomic mass is 10.0. The number of halogens is 1. The smallest absolute Gasteiger partial charge is 0.223 e. The van der Waals surface area contributed by atoms with Gasteiger partial charge in [-0.1, -0.05) is 40.2 Å². The molecule has 1 aliphatic rings. The van der Waals surface area contributed by atoms with Crippen molar-refractivity contribution in [1.82, 2.24) is 4.90 Å². The monoisotopic (exact) mass is 387 g/mol. The van der Waals surface area contributed by atoms with Crippen LogP contribution in [-0.4, -0.2) is 24.5 Å². The summed E-state index contributed by atoms with van der Waals surface area (Å²) in [4.78, 5) is 14.7. The van der Waals surface area contributed by atoms with Gasteiger partial charge >= 0.3 is 0 Å². The lowest BCUT2D eigenvalue weighted by Gasteiger charge is -2.25. The molecule has 1 fully saturated rings. The van der Waals surface area contributed by atoms with Gasteiger partial charge in [0.1, 0.15) is 5.75 Å². The van der Waals surface area contributed by atoms with Gasteiger partial charge in [-0.15, -0.1) is 0 Å². The van der Waals surface area contributed by atoms with Crippen LogP contribution in [0, 0.1) is 0 Å². The first-order chi connectivity index (χ1) is 11.7. The van der Waals surface area contributed by atoms with E-state index in [1.807, 2.05) is 29.2 Å². The molecule has 3 rings (SSSR count). The largest absolute Gasteiger partial charge is 0.497 e. The highest BCUT2D eigenvalue weighted by Gasteiger charge is 2.29. The topological polar surface area (TPSA) is 29.5 Å². The summed E-state index contributed by atoms with van der Waals surface area (Å²) in [7, 11) is 1.67. The summed E-state index contributed by atoms with van der Waals surface area (Å²) in [5.41, 5.74) is 2.39. The van der Waals surface area contributed by atoms with E-state index >= 15 is 0 Å². The van der Waals surface area contributed by atoms with Crippen molar-refractivity contribution >= 4 is 21.8 Å². The Morgan fingerprint density at radius 3 is 2.75 bits per heavy atom. The summed E-state index contributed by atoms with van der Waals surface area (Å²) in [6.45, 7) is 0.855. The molecular formula is C20H22BrNO2. The van der Waals surface area contributed by atoms with Crippen molar-refractivity contribution in [3.63, 3.8) is 0 Å². The molecule has 1 atom stereocenters. The maximum absolute atomic E-state index is 12.7. The Kier molecular flexibility index (Phi) is 5.56. The average Bonchev–Trinajstić information content (AvgIpc) is 3.09. The summed E-state index contributed by atoms with van der Waals surface area (Å²) in [6, 6.07) is 16.5. The van der Waals surface area contributed by atoms with Crippen LogP contribution in [0.4, 0.5) is 0 Å². The minimum atomic E-state index is 0.200. The summed E-state index contributed by atoms with van der Waals surface area (Å²) in [6.07, 6.45) is 3.45. The first-order valence-corrected chi connectivity index (χ1v) is 9.14. The molecule has 3 nitrogen and oxygen atoms in total. The number of carbonyl (C=O) groups excluding carboxylic acids is 1. The minimum absolute atomic E-state index is 0.200. The van der Waals surface area contributed by atoms with Crippen LogP contribution in [0.15, 0.2) is 53.0 Å². The molecule has 1 saturated heterocycles. The number of rotatable bonds is 5. The average molecular weight is 388 g/mol. The number of carbonyl (C=O) groups is 1. The fraction of sp³-hybridized carbons (Fsp3) is 0.350. The molecule has 1 aliphatic heterocycles. The highest BCUT2D eigenvalue weighted by molar-refractivity contribution is 9.10. The van der Waals surface area contributed by atoms with Gasteiger partial charge in [-0.25, -0.2) is 0 Å². The number of aryl methyl sites for hydroxylation is 1. The lowest BCUT2D eigenvalue weighted by Crippen LogP contribution is -2.30. The molecule has 0 saturated carbocycles. The van der Waals surface area contributed by atoms with E-state index in [1.54, 1.807) is 7.11 Å². The molecule has 2 aromatic rings. The molecule has 0 aliphatic carbocycles. The molecule has 0 radical (unpaired) electrons. The second kappa shape index (κ2) is 7.84. The highest BCUT2D eigenvalue weighted by Crippen LogP contribution is 2.33. The first kappa shape index (κ1) is 17.0. The van der Waals surface area contributed by atoms with Gasteiger partial charge in [-0.2, -0.15) is 0 Å². The van der Waals surface area contributed by atoms with E-state index in [4.69, 9.17) is 4.74 Å². The van der Waals surface area contributed by atoms with E-state index in [-0.39, 0.29) is 11.9 Å². The number of benzene rings is 2. The maximum Gasteiger partial charge on any atom is 0.223 e. The van der Waals surface area contributed by atoms with E-state index in [2.05, 4.69) is 40.2 Å². The quantitative estimate of drug-likeness (QED) is 0.740. The summed E-state index contributed by atoms with van der Waals surface area (Å²) >= 11 is 3.48. The van der Waals surface area contributed by atoms with Crippen molar-refractivity contribution in [2.75, 3.05) is 13.7 Å². The van der Waals surface area contributed by atoms with E-state index < -0.39 is 0 Å². The molecular weight excluding hydrogens is 366 g/mol. The number of amides is 1. The Bertz CT molecular complexity index is 699. The lowest BCUT2D eigenvalue weighted by molar-refractivity contribution is -0.132. The Morgan fingerprint density at radius 1 is 1.25 bits per heavy atom. The molecule has 4 heteroatoms. The Morgan fingerprint density at radius 2 is 2.04 bits per heavy atom. The predicted octanol–water partition coefficient (Wildman–Crippen LogP) is 4.75. The van der Waals surface area contributed by atoms with Gasteiger partial charge in [0, 0.05) is 17.4 Å². The van der Waals surface area contributed by atoms with E-state index in [9.17, 15) is 4.79 Å². The molecule has 1 unspecified atom stereocenters. The van der Waals surface area contributed by atoms with Gasteiger partial charge < -0.3 is 9.64 Å². The van der Waals surface area contributed by atoms with Crippen molar-refractivity contribution in [2.24, 2.45) is 0 Å². The molecule has 0 spiro atoms. The standard InChI is InChI=1S/C20H22BrNO2/c1-24-18-10-8-16(9-11-18)19-6-3-13-22(19)20(23)12-7-15-4-2-5-17(21)14-15/h2,4-5,8-11,14,19H,3,6-7,12-13H2,1H3. The first-order valence-electron chi connectivity index (χ1n) is 8.35. The van der Waals surface area contributed by atoms with Crippen LogP contribution in [0.25, 0.3) is 0 Å². The molecule has 0 N–H and O–H groups in total. The minimum Gasteiger partial charge on any atom is -0.497 e. The fourth-order valence-electron chi connectivity index (χ4n) is 3.33. The third kappa shape index (κ3) is 3.99. The van der Waals surface area contributed by atoms with Gasteiger partial charge in [0.2, 0.25) is 5.91 Å². The van der Waals surface area contributed by atoms with Crippen molar-refractivity contribution in [3.8, 4) is 5.75 Å². The summed E-state index contributed by atoms with van der Waals surface area (Å²) in [5, 5.41) is 0. The zero-order valence-corrected chi connectivity index (χ0v) is 15.5. The van der Waals surface area contributed by atoms with Crippen LogP contribution >= 0.6 is 15.9 Å². The predicted molar refractivity (Wildman–Crippen MR) is 99.1 cm³/mol.